The Kier molecular flexibility index (Phi) is 3.65. The molecule has 6 heteroatoms. The van der Waals surface area contributed by atoms with Crippen molar-refractivity contribution in [1.82, 2.24) is 5.16 Å². The van der Waals surface area contributed by atoms with Gasteiger partial charge in [-0.3, -0.25) is 4.79 Å². The molecule has 0 aliphatic heterocycles. The number of esters is 1. The lowest BCUT2D eigenvalue weighted by molar-refractivity contribution is -0.121. The first-order valence-corrected chi connectivity index (χ1v) is 4.85. The average molecular weight is 226 g/mol. The van der Waals surface area contributed by atoms with E-state index >= 15 is 0 Å². The van der Waals surface area contributed by atoms with Crippen LogP contribution in [0.4, 0.5) is 0 Å². The summed E-state index contributed by atoms with van der Waals surface area (Å²) < 4.78 is 9.72. The molecule has 1 aromatic heterocycles. The summed E-state index contributed by atoms with van der Waals surface area (Å²) in [5.41, 5.74) is 5.59. The van der Waals surface area contributed by atoms with Gasteiger partial charge in [-0.2, -0.15) is 0 Å². The zero-order valence-electron chi connectivity index (χ0n) is 9.44. The van der Waals surface area contributed by atoms with Crippen molar-refractivity contribution in [2.24, 2.45) is 5.73 Å². The van der Waals surface area contributed by atoms with Crippen molar-refractivity contribution in [2.75, 3.05) is 6.61 Å². The van der Waals surface area contributed by atoms with E-state index in [9.17, 15) is 9.59 Å². The number of hydrogen-bond acceptors (Lipinski definition) is 5. The fourth-order valence-electron chi connectivity index (χ4n) is 1.24. The second kappa shape index (κ2) is 4.78. The molecule has 0 atom stereocenters. The lowest BCUT2D eigenvalue weighted by Crippen LogP contribution is -2.21. The molecular formula is C10H14N2O4. The number of nitrogens with zero attached hydrogens (tertiary/aromatic N) is 1. The summed E-state index contributed by atoms with van der Waals surface area (Å²) in [6.07, 6.45) is 0. The fourth-order valence-corrected chi connectivity index (χ4v) is 1.24. The second-order valence-corrected chi connectivity index (χ2v) is 3.70. The van der Waals surface area contributed by atoms with Gasteiger partial charge in [-0.15, -0.1) is 0 Å². The van der Waals surface area contributed by atoms with Crippen LogP contribution in [-0.4, -0.2) is 23.6 Å². The topological polar surface area (TPSA) is 95.4 Å². The van der Waals surface area contributed by atoms with E-state index in [-0.39, 0.29) is 11.5 Å². The number of ether oxygens (including phenoxy) is 1. The van der Waals surface area contributed by atoms with E-state index in [0.717, 1.165) is 0 Å². The van der Waals surface area contributed by atoms with Crippen LogP contribution in [0.1, 0.15) is 41.6 Å². The van der Waals surface area contributed by atoms with Crippen molar-refractivity contribution in [1.29, 1.82) is 0 Å². The Balaban J connectivity index is 2.89. The Morgan fingerprint density at radius 3 is 2.62 bits per heavy atom. The highest BCUT2D eigenvalue weighted by atomic mass is 16.5. The van der Waals surface area contributed by atoms with Gasteiger partial charge in [-0.25, -0.2) is 4.79 Å². The van der Waals surface area contributed by atoms with Gasteiger partial charge in [0.2, 0.25) is 0 Å². The zero-order chi connectivity index (χ0) is 12.3. The number of aromatic nitrogens is 1. The van der Waals surface area contributed by atoms with Gasteiger partial charge >= 0.3 is 5.97 Å². The molecule has 1 heterocycles. The maximum Gasteiger partial charge on any atom is 0.344 e. The monoisotopic (exact) mass is 226 g/mol. The van der Waals surface area contributed by atoms with Crippen LogP contribution in [0.2, 0.25) is 0 Å². The van der Waals surface area contributed by atoms with Gasteiger partial charge in [0, 0.05) is 5.92 Å². The standard InChI is InChI=1S/C10H14N2O4/c1-5(2)9-8(6(3)12-16-9)10(14)15-4-7(11)13/h5H,4H2,1-3H3,(H2,11,13). The highest BCUT2D eigenvalue weighted by Crippen LogP contribution is 2.22. The third-order valence-electron chi connectivity index (χ3n) is 1.96. The molecular weight excluding hydrogens is 212 g/mol. The highest BCUT2D eigenvalue weighted by molar-refractivity contribution is 5.93. The van der Waals surface area contributed by atoms with Crippen molar-refractivity contribution >= 4 is 11.9 Å². The normalized spacial score (nSPS) is 10.5. The van der Waals surface area contributed by atoms with Crippen LogP contribution in [0.15, 0.2) is 4.52 Å². The number of rotatable bonds is 4. The third-order valence-corrected chi connectivity index (χ3v) is 1.96. The molecule has 1 amide bonds. The third kappa shape index (κ3) is 2.59. The molecule has 16 heavy (non-hydrogen) atoms. The molecule has 1 rings (SSSR count). The van der Waals surface area contributed by atoms with Gasteiger partial charge in [-0.05, 0) is 6.92 Å². The van der Waals surface area contributed by atoms with Crippen LogP contribution in [-0.2, 0) is 9.53 Å². The van der Waals surface area contributed by atoms with Crippen molar-refractivity contribution in [3.05, 3.63) is 17.0 Å². The Hall–Kier alpha value is -1.85. The number of hydrogen-bond donors (Lipinski definition) is 1. The van der Waals surface area contributed by atoms with Gasteiger partial charge in [0.25, 0.3) is 5.91 Å². The zero-order valence-corrected chi connectivity index (χ0v) is 9.44. The van der Waals surface area contributed by atoms with Gasteiger partial charge < -0.3 is 15.0 Å². The van der Waals surface area contributed by atoms with E-state index in [0.29, 0.717) is 11.5 Å². The predicted molar refractivity (Wildman–Crippen MR) is 54.8 cm³/mol. The van der Waals surface area contributed by atoms with Crippen molar-refractivity contribution in [2.45, 2.75) is 26.7 Å². The van der Waals surface area contributed by atoms with E-state index in [1.165, 1.54) is 0 Å². The number of carbonyl (C=O) groups excluding carboxylic acids is 2. The maximum absolute atomic E-state index is 11.6. The first-order valence-electron chi connectivity index (χ1n) is 4.85. The van der Waals surface area contributed by atoms with Crippen LogP contribution < -0.4 is 5.73 Å². The van der Waals surface area contributed by atoms with E-state index in [1.807, 2.05) is 13.8 Å². The summed E-state index contributed by atoms with van der Waals surface area (Å²) in [6, 6.07) is 0. The summed E-state index contributed by atoms with van der Waals surface area (Å²) >= 11 is 0. The van der Waals surface area contributed by atoms with Crippen molar-refractivity contribution in [3.8, 4) is 0 Å². The molecule has 1 aromatic rings. The Morgan fingerprint density at radius 1 is 1.50 bits per heavy atom. The molecule has 0 bridgehead atoms. The van der Waals surface area contributed by atoms with Gasteiger partial charge in [0.1, 0.15) is 5.56 Å². The molecule has 0 unspecified atom stereocenters. The smallest absolute Gasteiger partial charge is 0.344 e. The summed E-state index contributed by atoms with van der Waals surface area (Å²) in [7, 11) is 0. The largest absolute Gasteiger partial charge is 0.452 e. The van der Waals surface area contributed by atoms with Gasteiger partial charge in [-0.1, -0.05) is 19.0 Å². The molecule has 0 fully saturated rings. The van der Waals surface area contributed by atoms with Gasteiger partial charge in [0.15, 0.2) is 12.4 Å². The van der Waals surface area contributed by atoms with Crippen LogP contribution in [0.3, 0.4) is 0 Å². The van der Waals surface area contributed by atoms with Crippen molar-refractivity contribution in [3.63, 3.8) is 0 Å². The summed E-state index contributed by atoms with van der Waals surface area (Å²) in [6.45, 7) is 4.92. The van der Waals surface area contributed by atoms with E-state index in [4.69, 9.17) is 15.0 Å². The quantitative estimate of drug-likeness (QED) is 0.764. The molecule has 0 aromatic carbocycles. The number of nitrogens with two attached hydrogens (primary N) is 1. The summed E-state index contributed by atoms with van der Waals surface area (Å²) in [5.74, 6) is -0.876. The Morgan fingerprint density at radius 2 is 2.12 bits per heavy atom. The molecule has 0 radical (unpaired) electrons. The molecule has 6 nitrogen and oxygen atoms in total. The van der Waals surface area contributed by atoms with E-state index < -0.39 is 18.5 Å². The fraction of sp³-hybridized carbons (Fsp3) is 0.500. The molecule has 88 valence electrons. The predicted octanol–water partition coefficient (Wildman–Crippen LogP) is 0.749. The number of aryl methyl sites for hydroxylation is 1. The summed E-state index contributed by atoms with van der Waals surface area (Å²) in [4.78, 5) is 22.1. The minimum absolute atomic E-state index is 0.0114. The maximum atomic E-state index is 11.6. The summed E-state index contributed by atoms with van der Waals surface area (Å²) in [5, 5.41) is 3.69. The lowest BCUT2D eigenvalue weighted by atomic mass is 10.1. The SMILES string of the molecule is Cc1noc(C(C)C)c1C(=O)OCC(N)=O. The number of carbonyl (C=O) groups is 2. The second-order valence-electron chi connectivity index (χ2n) is 3.70. The molecule has 2 N–H and O–H groups in total. The molecule has 0 aliphatic rings. The first kappa shape index (κ1) is 12.2. The molecule has 0 saturated carbocycles. The van der Waals surface area contributed by atoms with E-state index in [1.54, 1.807) is 6.92 Å². The van der Waals surface area contributed by atoms with E-state index in [2.05, 4.69) is 5.16 Å². The average Bonchev–Trinajstić information content (AvgIpc) is 2.56. The molecule has 0 saturated heterocycles. The van der Waals surface area contributed by atoms with Crippen molar-refractivity contribution < 1.29 is 18.8 Å². The molecule has 0 spiro atoms. The lowest BCUT2D eigenvalue weighted by Gasteiger charge is -2.04. The first-order chi connectivity index (χ1) is 7.43. The van der Waals surface area contributed by atoms with Crippen LogP contribution in [0, 0.1) is 6.92 Å². The minimum atomic E-state index is -0.700. The van der Waals surface area contributed by atoms with Gasteiger partial charge in [0.05, 0.1) is 5.69 Å². The van der Waals surface area contributed by atoms with Crippen LogP contribution in [0.25, 0.3) is 0 Å². The van der Waals surface area contributed by atoms with Crippen LogP contribution in [0.5, 0.6) is 0 Å². The molecule has 0 aliphatic carbocycles. The van der Waals surface area contributed by atoms with Crippen LogP contribution >= 0.6 is 0 Å². The number of amides is 1. The highest BCUT2D eigenvalue weighted by Gasteiger charge is 2.23. The number of primary amides is 1. The Labute approximate surface area is 92.7 Å². The Bertz CT molecular complexity index is 409. The minimum Gasteiger partial charge on any atom is -0.452 e.